The van der Waals surface area contributed by atoms with Gasteiger partial charge in [-0.1, -0.05) is 262 Å². The van der Waals surface area contributed by atoms with E-state index in [0.29, 0.717) is 17.4 Å². The fourth-order valence-corrected chi connectivity index (χ4v) is 10.3. The monoisotopic (exact) mass is 1100 g/mol. The number of phosphoric ester groups is 1. The number of esters is 1. The smallest absolute Gasteiger partial charge is 0.306 e. The minimum atomic E-state index is -4.70. The Morgan fingerprint density at radius 3 is 1.22 bits per heavy atom. The van der Waals surface area contributed by atoms with Gasteiger partial charge in [0.1, 0.15) is 19.3 Å². The molecule has 452 valence electrons. The normalized spacial score (nSPS) is 13.9. The van der Waals surface area contributed by atoms with E-state index in [1.807, 2.05) is 33.3 Å². The van der Waals surface area contributed by atoms with E-state index < -0.39 is 26.6 Å². The summed E-state index contributed by atoms with van der Waals surface area (Å²) in [5.74, 6) is -0.549. The number of allylic oxidation sites excluding steroid dienone is 7. The Bertz CT molecular complexity index is 1460. The second kappa shape index (κ2) is 57.2. The van der Waals surface area contributed by atoms with Crippen molar-refractivity contribution in [2.75, 3.05) is 40.9 Å². The Balaban J connectivity index is 5.09. The molecule has 3 unspecified atom stereocenters. The molecule has 0 saturated heterocycles. The predicted octanol–water partition coefficient (Wildman–Crippen LogP) is 19.8. The maximum Gasteiger partial charge on any atom is 0.306 e. The number of hydrogen-bond donors (Lipinski definition) is 1. The number of ether oxygens (including phenoxy) is 1. The van der Waals surface area contributed by atoms with E-state index in [0.717, 1.165) is 77.0 Å². The van der Waals surface area contributed by atoms with Crippen LogP contribution in [-0.4, -0.2) is 69.4 Å². The minimum absolute atomic E-state index is 0.0238. The van der Waals surface area contributed by atoms with Crippen molar-refractivity contribution in [2.45, 2.75) is 328 Å². The summed E-state index contributed by atoms with van der Waals surface area (Å²) >= 11 is 0. The van der Waals surface area contributed by atoms with E-state index in [-0.39, 0.29) is 24.9 Å². The number of likely N-dealkylation sites (N-methyl/N-ethyl adjacent to an activating group) is 1. The molecule has 10 heteroatoms. The van der Waals surface area contributed by atoms with Crippen molar-refractivity contribution in [3.05, 3.63) is 48.6 Å². The molecule has 9 nitrogen and oxygen atoms in total. The molecule has 0 aromatic carbocycles. The van der Waals surface area contributed by atoms with Crippen LogP contribution in [0.5, 0.6) is 0 Å². The van der Waals surface area contributed by atoms with Gasteiger partial charge in [-0.3, -0.25) is 14.2 Å². The molecule has 0 heterocycles. The third kappa shape index (κ3) is 58.4. The van der Waals surface area contributed by atoms with E-state index in [9.17, 15) is 19.0 Å². The van der Waals surface area contributed by atoms with Crippen molar-refractivity contribution in [2.24, 2.45) is 0 Å². The molecule has 0 fully saturated rings. The zero-order valence-electron chi connectivity index (χ0n) is 51.7. The largest absolute Gasteiger partial charge is 0.756 e. The second-order valence-corrected chi connectivity index (χ2v) is 25.0. The zero-order chi connectivity index (χ0) is 56.4. The molecule has 0 aliphatic carbocycles. The maximum atomic E-state index is 13.5. The Hall–Kier alpha value is -2.03. The first kappa shape index (κ1) is 75.0. The van der Waals surface area contributed by atoms with Gasteiger partial charge in [-0.15, -0.1) is 0 Å². The van der Waals surface area contributed by atoms with E-state index in [1.165, 1.54) is 205 Å². The fourth-order valence-electron chi connectivity index (χ4n) is 9.61. The molecule has 0 rings (SSSR count). The molecule has 0 aliphatic heterocycles. The third-order valence-corrected chi connectivity index (χ3v) is 15.7. The lowest BCUT2D eigenvalue weighted by Gasteiger charge is -2.30. The molecule has 77 heavy (non-hydrogen) atoms. The van der Waals surface area contributed by atoms with Crippen LogP contribution < -0.4 is 10.2 Å². The number of unbranched alkanes of at least 4 members (excludes halogenated alkanes) is 38. The minimum Gasteiger partial charge on any atom is -0.756 e. The lowest BCUT2D eigenvalue weighted by atomic mass is 10.0. The van der Waals surface area contributed by atoms with Gasteiger partial charge in [-0.2, -0.15) is 0 Å². The van der Waals surface area contributed by atoms with Crippen LogP contribution in [0.2, 0.25) is 0 Å². The van der Waals surface area contributed by atoms with Gasteiger partial charge in [0.2, 0.25) is 5.91 Å². The van der Waals surface area contributed by atoms with Gasteiger partial charge in [-0.25, -0.2) is 0 Å². The van der Waals surface area contributed by atoms with Crippen LogP contribution in [0, 0.1) is 0 Å². The summed E-state index contributed by atoms with van der Waals surface area (Å²) in [6, 6.07) is -0.894. The SMILES string of the molecule is CCCCC/C=C\C/C=C\CCCCCCCCCCCCCCCCCC(=O)OC(/C=C\CCCCCCCCCCCCC)C(COP(=O)([O-])OCC[N+](C)(C)C)NC(=O)CCCCC/C=C\CCCCCCCC. The quantitative estimate of drug-likeness (QED) is 0.0212. The molecule has 0 spiro atoms. The highest BCUT2D eigenvalue weighted by molar-refractivity contribution is 7.45. The van der Waals surface area contributed by atoms with Gasteiger partial charge >= 0.3 is 5.97 Å². The molecule has 3 atom stereocenters. The average Bonchev–Trinajstić information content (AvgIpc) is 3.39. The first-order valence-electron chi connectivity index (χ1n) is 32.9. The van der Waals surface area contributed by atoms with E-state index in [2.05, 4.69) is 62.5 Å². The van der Waals surface area contributed by atoms with Gasteiger partial charge in [0, 0.05) is 12.8 Å². The number of carbonyl (C=O) groups excluding carboxylic acids is 2. The molecule has 1 N–H and O–H groups in total. The highest BCUT2D eigenvalue weighted by Crippen LogP contribution is 2.38. The lowest BCUT2D eigenvalue weighted by molar-refractivity contribution is -0.870. The molecule has 0 aromatic rings. The molecular formula is C67H127N2O7P. The zero-order valence-corrected chi connectivity index (χ0v) is 52.6. The Morgan fingerprint density at radius 1 is 0.455 bits per heavy atom. The Kier molecular flexibility index (Phi) is 55.7. The average molecular weight is 1100 g/mol. The number of rotatable bonds is 60. The maximum absolute atomic E-state index is 13.5. The standard InChI is InChI=1S/C67H127N2O7P/c1-7-10-13-16-19-22-25-28-29-30-31-32-33-34-35-36-37-38-39-42-45-48-51-54-57-60-67(71)76-65(58-55-52-49-46-43-40-26-23-20-17-14-11-8-2)64(63-75-77(72,73)74-62-61-69(4,5)6)68-66(70)59-56-53-50-47-44-41-27-24-21-18-15-12-9-3/h19,22,28-29,41,44,55,58,64-65H,7-18,20-21,23-27,30-40,42-43,45-54,56-57,59-63H2,1-6H3,(H-,68,70,72,73)/b22-19-,29-28-,44-41-,58-55-. The van der Waals surface area contributed by atoms with Crippen LogP contribution in [0.3, 0.4) is 0 Å². The van der Waals surface area contributed by atoms with Crippen LogP contribution in [0.15, 0.2) is 48.6 Å². The summed E-state index contributed by atoms with van der Waals surface area (Å²) in [6.07, 6.45) is 70.9. The molecule has 1 amide bonds. The summed E-state index contributed by atoms with van der Waals surface area (Å²) in [6.45, 7) is 6.83. The van der Waals surface area contributed by atoms with Gasteiger partial charge in [0.25, 0.3) is 7.82 Å². The van der Waals surface area contributed by atoms with Gasteiger partial charge < -0.3 is 28.5 Å². The molecule has 0 bridgehead atoms. The van der Waals surface area contributed by atoms with Crippen molar-refractivity contribution >= 4 is 19.7 Å². The first-order valence-corrected chi connectivity index (χ1v) is 34.4. The third-order valence-electron chi connectivity index (χ3n) is 14.7. The number of hydrogen-bond acceptors (Lipinski definition) is 7. The highest BCUT2D eigenvalue weighted by atomic mass is 31.2. The molecule has 0 radical (unpaired) electrons. The number of quaternary nitrogens is 1. The van der Waals surface area contributed by atoms with Gasteiger partial charge in [-0.05, 0) is 89.5 Å². The number of carbonyl (C=O) groups is 2. The van der Waals surface area contributed by atoms with Gasteiger partial charge in [0.05, 0.1) is 33.8 Å². The number of nitrogens with one attached hydrogen (secondary N) is 1. The number of phosphoric acid groups is 1. The van der Waals surface area contributed by atoms with Gasteiger partial charge in [0.15, 0.2) is 0 Å². The van der Waals surface area contributed by atoms with Crippen molar-refractivity contribution in [1.29, 1.82) is 0 Å². The van der Waals surface area contributed by atoms with Crippen LogP contribution in [0.1, 0.15) is 316 Å². The summed E-state index contributed by atoms with van der Waals surface area (Å²) in [4.78, 5) is 40.0. The fraction of sp³-hybridized carbons (Fsp3) is 0.851. The Labute approximate surface area is 478 Å². The molecule has 0 aromatic heterocycles. The summed E-state index contributed by atoms with van der Waals surface area (Å²) in [5.41, 5.74) is 0. The van der Waals surface area contributed by atoms with Crippen molar-refractivity contribution in [3.8, 4) is 0 Å². The second-order valence-electron chi connectivity index (χ2n) is 23.6. The van der Waals surface area contributed by atoms with E-state index in [4.69, 9.17) is 13.8 Å². The van der Waals surface area contributed by atoms with Crippen molar-refractivity contribution < 1.29 is 37.3 Å². The van der Waals surface area contributed by atoms with Crippen molar-refractivity contribution in [1.82, 2.24) is 5.32 Å². The lowest BCUT2D eigenvalue weighted by Crippen LogP contribution is -2.47. The van der Waals surface area contributed by atoms with E-state index >= 15 is 0 Å². The highest BCUT2D eigenvalue weighted by Gasteiger charge is 2.27. The van der Waals surface area contributed by atoms with Crippen LogP contribution >= 0.6 is 7.82 Å². The predicted molar refractivity (Wildman–Crippen MR) is 330 cm³/mol. The molecule has 0 aliphatic rings. The summed E-state index contributed by atoms with van der Waals surface area (Å²) in [7, 11) is 1.18. The number of amides is 1. The first-order chi connectivity index (χ1) is 37.4. The van der Waals surface area contributed by atoms with Crippen LogP contribution in [-0.2, 0) is 27.9 Å². The van der Waals surface area contributed by atoms with Crippen LogP contribution in [0.4, 0.5) is 0 Å². The number of nitrogens with zero attached hydrogens (tertiary/aromatic N) is 1. The topological polar surface area (TPSA) is 114 Å². The van der Waals surface area contributed by atoms with Crippen molar-refractivity contribution in [3.63, 3.8) is 0 Å². The van der Waals surface area contributed by atoms with E-state index in [1.54, 1.807) is 0 Å². The molecular weight excluding hydrogens is 976 g/mol. The Morgan fingerprint density at radius 2 is 0.792 bits per heavy atom. The molecule has 0 saturated carbocycles. The van der Waals surface area contributed by atoms with Crippen LogP contribution in [0.25, 0.3) is 0 Å². The summed E-state index contributed by atoms with van der Waals surface area (Å²) < 4.78 is 30.3. The summed E-state index contributed by atoms with van der Waals surface area (Å²) in [5, 5.41) is 3.02.